The van der Waals surface area contributed by atoms with E-state index in [0.717, 1.165) is 50.8 Å². The Morgan fingerprint density at radius 3 is 2.69 bits per heavy atom. The summed E-state index contributed by atoms with van der Waals surface area (Å²) >= 11 is 0. The van der Waals surface area contributed by atoms with Gasteiger partial charge in [0.25, 0.3) is 0 Å². The van der Waals surface area contributed by atoms with E-state index in [1.165, 1.54) is 9.58 Å². The standard InChI is InChI=1S/C24H31FN4O3/c1-15-5-6-19-21(29(15)24(30)31)8-7-18(22(19)32-17-3-2-4-17)20-13-27-28(23(20)25)14-16-9-11-26-12-10-16/h7-8,13,15-17,26H,2-6,9-12,14H2,1H3,(H,30,31)/t15-/m0/s1. The molecule has 32 heavy (non-hydrogen) atoms. The minimum absolute atomic E-state index is 0.103. The highest BCUT2D eigenvalue weighted by atomic mass is 19.1. The lowest BCUT2D eigenvalue weighted by molar-refractivity contribution is 0.119. The zero-order valence-corrected chi connectivity index (χ0v) is 18.5. The summed E-state index contributed by atoms with van der Waals surface area (Å²) < 4.78 is 23.4. The molecule has 1 aromatic carbocycles. The van der Waals surface area contributed by atoms with Crippen LogP contribution in [0.3, 0.4) is 0 Å². The van der Waals surface area contributed by atoms with Gasteiger partial charge in [0, 0.05) is 23.7 Å². The number of halogens is 1. The first-order valence-electron chi connectivity index (χ1n) is 11.8. The van der Waals surface area contributed by atoms with Gasteiger partial charge in [-0.1, -0.05) is 0 Å². The smallest absolute Gasteiger partial charge is 0.412 e. The second kappa shape index (κ2) is 8.73. The number of aromatic nitrogens is 2. The number of ether oxygens (including phenoxy) is 1. The molecule has 7 nitrogen and oxygen atoms in total. The Labute approximate surface area is 187 Å². The summed E-state index contributed by atoms with van der Waals surface area (Å²) in [4.78, 5) is 13.3. The van der Waals surface area contributed by atoms with Gasteiger partial charge in [0.2, 0.25) is 5.95 Å². The fraction of sp³-hybridized carbons (Fsp3) is 0.583. The van der Waals surface area contributed by atoms with Gasteiger partial charge in [-0.25, -0.2) is 9.48 Å². The molecule has 1 saturated heterocycles. The number of carbonyl (C=O) groups is 1. The van der Waals surface area contributed by atoms with Gasteiger partial charge in [0.05, 0.1) is 23.6 Å². The van der Waals surface area contributed by atoms with E-state index >= 15 is 4.39 Å². The number of piperidine rings is 1. The molecule has 0 unspecified atom stereocenters. The molecule has 2 N–H and O–H groups in total. The fourth-order valence-electron chi connectivity index (χ4n) is 5.09. The van der Waals surface area contributed by atoms with E-state index in [1.54, 1.807) is 18.3 Å². The van der Waals surface area contributed by atoms with Crippen molar-refractivity contribution in [1.82, 2.24) is 15.1 Å². The van der Waals surface area contributed by atoms with Crippen LogP contribution in [-0.2, 0) is 13.0 Å². The monoisotopic (exact) mass is 442 g/mol. The minimum Gasteiger partial charge on any atom is -0.489 e. The molecule has 2 aliphatic heterocycles. The molecule has 3 heterocycles. The SMILES string of the molecule is C[C@H]1CCc2c(ccc(-c3cnn(CC4CCNCC4)c3F)c2OC2CCC2)N1C(=O)O. The molecular formula is C24H31FN4O3. The summed E-state index contributed by atoms with van der Waals surface area (Å²) in [5.74, 6) is 0.699. The van der Waals surface area contributed by atoms with Crippen LogP contribution >= 0.6 is 0 Å². The van der Waals surface area contributed by atoms with Crippen LogP contribution in [0.4, 0.5) is 14.9 Å². The Balaban J connectivity index is 1.53. The summed E-state index contributed by atoms with van der Waals surface area (Å²) in [6.45, 7) is 4.41. The molecule has 2 fully saturated rings. The topological polar surface area (TPSA) is 79.6 Å². The number of amides is 1. The summed E-state index contributed by atoms with van der Waals surface area (Å²) in [5.41, 5.74) is 2.61. The van der Waals surface area contributed by atoms with Crippen LogP contribution in [0.25, 0.3) is 11.1 Å². The van der Waals surface area contributed by atoms with Gasteiger partial charge in [0.1, 0.15) is 5.75 Å². The third-order valence-corrected chi connectivity index (χ3v) is 7.25. The van der Waals surface area contributed by atoms with E-state index in [0.29, 0.717) is 47.9 Å². The minimum atomic E-state index is -0.971. The first-order chi connectivity index (χ1) is 15.5. The average molecular weight is 443 g/mol. The predicted octanol–water partition coefficient (Wildman–Crippen LogP) is 4.44. The number of hydrogen-bond acceptors (Lipinski definition) is 4. The predicted molar refractivity (Wildman–Crippen MR) is 120 cm³/mol. The van der Waals surface area contributed by atoms with E-state index in [2.05, 4.69) is 10.4 Å². The van der Waals surface area contributed by atoms with Crippen molar-refractivity contribution in [2.24, 2.45) is 5.92 Å². The maximum atomic E-state index is 15.5. The molecule has 8 heteroatoms. The quantitative estimate of drug-likeness (QED) is 0.716. The summed E-state index contributed by atoms with van der Waals surface area (Å²) in [7, 11) is 0. The largest absolute Gasteiger partial charge is 0.489 e. The van der Waals surface area contributed by atoms with Gasteiger partial charge in [-0.05, 0) is 83.0 Å². The molecular weight excluding hydrogens is 411 g/mol. The molecule has 2 aromatic rings. The van der Waals surface area contributed by atoms with E-state index in [9.17, 15) is 9.90 Å². The van der Waals surface area contributed by atoms with Gasteiger partial charge >= 0.3 is 6.09 Å². The number of hydrogen-bond donors (Lipinski definition) is 2. The molecule has 172 valence electrons. The molecule has 1 atom stereocenters. The van der Waals surface area contributed by atoms with Crippen molar-refractivity contribution >= 4 is 11.8 Å². The van der Waals surface area contributed by atoms with E-state index < -0.39 is 6.09 Å². The Morgan fingerprint density at radius 1 is 1.22 bits per heavy atom. The van der Waals surface area contributed by atoms with Gasteiger partial charge < -0.3 is 15.2 Å². The van der Waals surface area contributed by atoms with Crippen molar-refractivity contribution in [3.63, 3.8) is 0 Å². The van der Waals surface area contributed by atoms with Crippen LogP contribution in [0.5, 0.6) is 5.75 Å². The molecule has 0 radical (unpaired) electrons. The van der Waals surface area contributed by atoms with Crippen LogP contribution in [-0.4, -0.2) is 46.2 Å². The second-order valence-corrected chi connectivity index (χ2v) is 9.38. The van der Waals surface area contributed by atoms with E-state index in [1.807, 2.05) is 6.92 Å². The first-order valence-corrected chi connectivity index (χ1v) is 11.8. The zero-order valence-electron chi connectivity index (χ0n) is 18.5. The molecule has 5 rings (SSSR count). The average Bonchev–Trinajstić information content (AvgIpc) is 3.10. The number of benzene rings is 1. The lowest BCUT2D eigenvalue weighted by Gasteiger charge is -2.36. The molecule has 0 spiro atoms. The summed E-state index contributed by atoms with van der Waals surface area (Å²) in [6.07, 6.45) is 7.25. The van der Waals surface area contributed by atoms with E-state index in [-0.39, 0.29) is 18.1 Å². The second-order valence-electron chi connectivity index (χ2n) is 9.38. The van der Waals surface area contributed by atoms with Crippen molar-refractivity contribution in [3.05, 3.63) is 29.8 Å². The molecule has 0 bridgehead atoms. The third-order valence-electron chi connectivity index (χ3n) is 7.25. The molecule has 1 aromatic heterocycles. The van der Waals surface area contributed by atoms with Crippen molar-refractivity contribution in [2.45, 2.75) is 70.6 Å². The first kappa shape index (κ1) is 21.2. The van der Waals surface area contributed by atoms with Gasteiger partial charge in [-0.2, -0.15) is 9.49 Å². The van der Waals surface area contributed by atoms with Gasteiger partial charge in [0.15, 0.2) is 0 Å². The highest BCUT2D eigenvalue weighted by molar-refractivity contribution is 5.91. The number of nitrogens with one attached hydrogen (secondary N) is 1. The van der Waals surface area contributed by atoms with Gasteiger partial charge in [-0.3, -0.25) is 4.90 Å². The van der Waals surface area contributed by atoms with Crippen LogP contribution in [0.2, 0.25) is 0 Å². The number of carboxylic acid groups (broad SMARTS) is 1. The van der Waals surface area contributed by atoms with Gasteiger partial charge in [-0.15, -0.1) is 0 Å². The van der Waals surface area contributed by atoms with Crippen molar-refractivity contribution in [3.8, 4) is 16.9 Å². The lowest BCUT2D eigenvalue weighted by Crippen LogP contribution is -2.41. The zero-order chi connectivity index (χ0) is 22.2. The Kier molecular flexibility index (Phi) is 5.80. The highest BCUT2D eigenvalue weighted by Gasteiger charge is 2.33. The number of rotatable bonds is 5. The van der Waals surface area contributed by atoms with Crippen LogP contribution in [0, 0.1) is 11.9 Å². The van der Waals surface area contributed by atoms with Crippen LogP contribution in [0.1, 0.15) is 51.0 Å². The summed E-state index contributed by atoms with van der Waals surface area (Å²) in [5, 5.41) is 17.5. The van der Waals surface area contributed by atoms with E-state index in [4.69, 9.17) is 4.74 Å². The number of nitrogens with zero attached hydrogens (tertiary/aromatic N) is 3. The maximum absolute atomic E-state index is 15.5. The Bertz CT molecular complexity index is 997. The summed E-state index contributed by atoms with van der Waals surface area (Å²) in [6, 6.07) is 3.49. The number of fused-ring (bicyclic) bond motifs is 1. The van der Waals surface area contributed by atoms with Crippen molar-refractivity contribution in [2.75, 3.05) is 18.0 Å². The normalized spacial score (nSPS) is 21.8. The number of anilines is 1. The fourth-order valence-corrected chi connectivity index (χ4v) is 5.09. The van der Waals surface area contributed by atoms with Crippen LogP contribution in [0.15, 0.2) is 18.3 Å². The lowest BCUT2D eigenvalue weighted by atomic mass is 9.91. The highest BCUT2D eigenvalue weighted by Crippen LogP contribution is 2.45. The van der Waals surface area contributed by atoms with Crippen molar-refractivity contribution < 1.29 is 19.0 Å². The maximum Gasteiger partial charge on any atom is 0.412 e. The molecule has 3 aliphatic rings. The molecule has 1 amide bonds. The third kappa shape index (κ3) is 3.85. The van der Waals surface area contributed by atoms with Crippen LogP contribution < -0.4 is 15.0 Å². The molecule has 1 aliphatic carbocycles. The molecule has 1 saturated carbocycles. The Morgan fingerprint density at radius 2 is 2.00 bits per heavy atom. The van der Waals surface area contributed by atoms with Crippen molar-refractivity contribution in [1.29, 1.82) is 0 Å². The Hall–Kier alpha value is -2.61.